The van der Waals surface area contributed by atoms with E-state index in [0.717, 1.165) is 12.1 Å². The topological polar surface area (TPSA) is 61.4 Å². The van der Waals surface area contributed by atoms with Crippen molar-refractivity contribution in [2.24, 2.45) is 0 Å². The first-order valence-corrected chi connectivity index (χ1v) is 6.87. The van der Waals surface area contributed by atoms with Gasteiger partial charge in [0, 0.05) is 24.2 Å². The van der Waals surface area contributed by atoms with Gasteiger partial charge in [-0.25, -0.2) is 0 Å². The molecule has 22 heavy (non-hydrogen) atoms. The van der Waals surface area contributed by atoms with Crippen LogP contribution in [0, 0.1) is 0 Å². The molecule has 1 rings (SSSR count). The van der Waals surface area contributed by atoms with E-state index in [2.05, 4.69) is 10.6 Å². The fourth-order valence-electron chi connectivity index (χ4n) is 1.65. The molecule has 7 heteroatoms. The van der Waals surface area contributed by atoms with Crippen LogP contribution >= 0.6 is 0 Å². The van der Waals surface area contributed by atoms with Gasteiger partial charge in [0.25, 0.3) is 5.91 Å². The Kier molecular flexibility index (Phi) is 5.96. The van der Waals surface area contributed by atoms with E-state index in [1.54, 1.807) is 0 Å². The summed E-state index contributed by atoms with van der Waals surface area (Å²) in [6.45, 7) is 6.02. The van der Waals surface area contributed by atoms with E-state index in [9.17, 15) is 23.1 Å². The second kappa shape index (κ2) is 7.11. The average molecular weight is 318 g/mol. The van der Waals surface area contributed by atoms with Gasteiger partial charge in [-0.1, -0.05) is 6.07 Å². The maximum Gasteiger partial charge on any atom is 0.416 e. The van der Waals surface area contributed by atoms with Crippen LogP contribution < -0.4 is 10.6 Å². The molecule has 0 aromatic heterocycles. The summed E-state index contributed by atoms with van der Waals surface area (Å²) in [5, 5.41) is 15.2. The van der Waals surface area contributed by atoms with Crippen molar-refractivity contribution in [3.05, 3.63) is 35.4 Å². The fourth-order valence-corrected chi connectivity index (χ4v) is 1.65. The minimum absolute atomic E-state index is 0.0435. The fraction of sp³-hybridized carbons (Fsp3) is 0.533. The lowest BCUT2D eigenvalue weighted by Crippen LogP contribution is -2.44. The van der Waals surface area contributed by atoms with Crippen molar-refractivity contribution in [3.8, 4) is 0 Å². The van der Waals surface area contributed by atoms with Crippen molar-refractivity contribution in [2.45, 2.75) is 38.6 Å². The number of aliphatic hydroxyl groups is 1. The van der Waals surface area contributed by atoms with Crippen molar-refractivity contribution >= 4 is 5.91 Å². The summed E-state index contributed by atoms with van der Waals surface area (Å²) in [5.74, 6) is -0.652. The van der Waals surface area contributed by atoms with Crippen molar-refractivity contribution in [1.82, 2.24) is 10.6 Å². The first kappa shape index (κ1) is 18.4. The highest BCUT2D eigenvalue weighted by Gasteiger charge is 2.30. The lowest BCUT2D eigenvalue weighted by Gasteiger charge is -2.23. The Morgan fingerprint density at radius 3 is 2.41 bits per heavy atom. The van der Waals surface area contributed by atoms with Crippen LogP contribution in [-0.4, -0.2) is 35.7 Å². The summed E-state index contributed by atoms with van der Waals surface area (Å²) in [5.41, 5.74) is -1.15. The van der Waals surface area contributed by atoms with Gasteiger partial charge < -0.3 is 15.7 Å². The van der Waals surface area contributed by atoms with Crippen LogP contribution in [0.4, 0.5) is 13.2 Å². The van der Waals surface area contributed by atoms with Crippen LogP contribution in [0.2, 0.25) is 0 Å². The summed E-state index contributed by atoms with van der Waals surface area (Å²) in [7, 11) is 0. The van der Waals surface area contributed by atoms with Crippen molar-refractivity contribution < 1.29 is 23.1 Å². The van der Waals surface area contributed by atoms with E-state index in [4.69, 9.17) is 0 Å². The first-order chi connectivity index (χ1) is 9.99. The van der Waals surface area contributed by atoms with Crippen molar-refractivity contribution in [2.75, 3.05) is 13.1 Å². The molecule has 0 heterocycles. The van der Waals surface area contributed by atoms with Gasteiger partial charge in [0.1, 0.15) is 0 Å². The number of rotatable bonds is 5. The molecule has 0 saturated carbocycles. The van der Waals surface area contributed by atoms with E-state index in [1.165, 1.54) is 12.1 Å². The highest BCUT2D eigenvalue weighted by molar-refractivity contribution is 5.94. The third-order valence-corrected chi connectivity index (χ3v) is 2.82. The Morgan fingerprint density at radius 1 is 1.23 bits per heavy atom. The van der Waals surface area contributed by atoms with Crippen LogP contribution in [0.15, 0.2) is 24.3 Å². The number of halogens is 3. The lowest BCUT2D eigenvalue weighted by atomic mass is 10.1. The van der Waals surface area contributed by atoms with E-state index in [-0.39, 0.29) is 24.2 Å². The third-order valence-electron chi connectivity index (χ3n) is 2.82. The van der Waals surface area contributed by atoms with Gasteiger partial charge in [-0.05, 0) is 39.0 Å². The Labute approximate surface area is 127 Å². The smallest absolute Gasteiger partial charge is 0.390 e. The van der Waals surface area contributed by atoms with Gasteiger partial charge in [-0.2, -0.15) is 13.2 Å². The number of alkyl halides is 3. The maximum atomic E-state index is 12.6. The van der Waals surface area contributed by atoms with Gasteiger partial charge in [-0.3, -0.25) is 4.79 Å². The largest absolute Gasteiger partial charge is 0.416 e. The normalized spacial score (nSPS) is 13.8. The molecule has 3 N–H and O–H groups in total. The van der Waals surface area contributed by atoms with Gasteiger partial charge in [0.2, 0.25) is 0 Å². The standard InChI is InChI=1S/C15H21F3N2O2/c1-14(2,3)20-9-12(21)8-19-13(22)10-5-4-6-11(7-10)15(16,17)18/h4-7,12,20-21H,8-9H2,1-3H3,(H,19,22). The summed E-state index contributed by atoms with van der Waals surface area (Å²) in [4.78, 5) is 11.8. The molecule has 0 aliphatic rings. The Hall–Kier alpha value is -1.60. The van der Waals surface area contributed by atoms with Crippen LogP contribution in [0.5, 0.6) is 0 Å². The number of nitrogens with one attached hydrogen (secondary N) is 2. The number of benzene rings is 1. The van der Waals surface area contributed by atoms with Gasteiger partial charge in [-0.15, -0.1) is 0 Å². The monoisotopic (exact) mass is 318 g/mol. The number of aliphatic hydroxyl groups excluding tert-OH is 1. The molecule has 1 aromatic carbocycles. The summed E-state index contributed by atoms with van der Waals surface area (Å²) >= 11 is 0. The molecular formula is C15H21F3N2O2. The van der Waals surface area contributed by atoms with Gasteiger partial charge in [0.15, 0.2) is 0 Å². The number of hydrogen-bond donors (Lipinski definition) is 3. The van der Waals surface area contributed by atoms with Crippen LogP contribution in [0.3, 0.4) is 0 Å². The quantitative estimate of drug-likeness (QED) is 0.780. The number of carbonyl (C=O) groups is 1. The summed E-state index contributed by atoms with van der Waals surface area (Å²) in [6, 6.07) is 4.16. The van der Waals surface area contributed by atoms with Gasteiger partial charge in [0.05, 0.1) is 11.7 Å². The zero-order valence-corrected chi connectivity index (χ0v) is 12.8. The van der Waals surface area contributed by atoms with Gasteiger partial charge >= 0.3 is 6.18 Å². The molecule has 1 aromatic rings. The molecule has 4 nitrogen and oxygen atoms in total. The molecule has 0 aliphatic carbocycles. The molecule has 124 valence electrons. The molecule has 0 saturated heterocycles. The zero-order chi connectivity index (χ0) is 17.0. The van der Waals surface area contributed by atoms with Crippen molar-refractivity contribution in [1.29, 1.82) is 0 Å². The SMILES string of the molecule is CC(C)(C)NCC(O)CNC(=O)c1cccc(C(F)(F)F)c1. The molecule has 0 bridgehead atoms. The van der Waals surface area contributed by atoms with E-state index in [1.807, 2.05) is 20.8 Å². The minimum atomic E-state index is -4.49. The Morgan fingerprint density at radius 2 is 1.86 bits per heavy atom. The number of hydrogen-bond acceptors (Lipinski definition) is 3. The molecular weight excluding hydrogens is 297 g/mol. The molecule has 1 atom stereocenters. The summed E-state index contributed by atoms with van der Waals surface area (Å²) < 4.78 is 37.7. The maximum absolute atomic E-state index is 12.6. The van der Waals surface area contributed by atoms with Crippen LogP contribution in [0.1, 0.15) is 36.7 Å². The average Bonchev–Trinajstić information content (AvgIpc) is 2.41. The highest BCUT2D eigenvalue weighted by atomic mass is 19.4. The third kappa shape index (κ3) is 6.44. The van der Waals surface area contributed by atoms with Crippen LogP contribution in [0.25, 0.3) is 0 Å². The second-order valence-corrected chi connectivity index (χ2v) is 6.07. The van der Waals surface area contributed by atoms with Crippen LogP contribution in [-0.2, 0) is 6.18 Å². The molecule has 0 aliphatic heterocycles. The Bertz CT molecular complexity index is 510. The molecule has 0 radical (unpaired) electrons. The predicted octanol–water partition coefficient (Wildman–Crippen LogP) is 2.18. The van der Waals surface area contributed by atoms with E-state index >= 15 is 0 Å². The van der Waals surface area contributed by atoms with Crippen molar-refractivity contribution in [3.63, 3.8) is 0 Å². The molecule has 0 spiro atoms. The number of amides is 1. The summed E-state index contributed by atoms with van der Waals surface area (Å²) in [6.07, 6.45) is -5.32. The number of carbonyl (C=O) groups excluding carboxylic acids is 1. The second-order valence-electron chi connectivity index (χ2n) is 6.07. The van der Waals surface area contributed by atoms with E-state index in [0.29, 0.717) is 0 Å². The predicted molar refractivity (Wildman–Crippen MR) is 77.5 cm³/mol. The lowest BCUT2D eigenvalue weighted by molar-refractivity contribution is -0.137. The molecule has 1 amide bonds. The Balaban J connectivity index is 2.56. The zero-order valence-electron chi connectivity index (χ0n) is 12.8. The molecule has 1 unspecified atom stereocenters. The first-order valence-electron chi connectivity index (χ1n) is 6.87. The molecule has 0 fully saturated rings. The minimum Gasteiger partial charge on any atom is -0.390 e. The highest BCUT2D eigenvalue weighted by Crippen LogP contribution is 2.29. The van der Waals surface area contributed by atoms with E-state index < -0.39 is 23.8 Å². The number of β-amino-alcohol motifs (C(OH)–C–C–N with tert-alkyl or cyclic N) is 1.